The summed E-state index contributed by atoms with van der Waals surface area (Å²) >= 11 is 0. The molecule has 0 radical (unpaired) electrons. The first-order valence-electron chi connectivity index (χ1n) is 14.2. The Kier molecular flexibility index (Phi) is 11.5. The van der Waals surface area contributed by atoms with E-state index in [2.05, 4.69) is 44.8 Å². The number of amides is 3. The van der Waals surface area contributed by atoms with Crippen LogP contribution in [0.2, 0.25) is 0 Å². The maximum atomic E-state index is 13.7. The molecule has 0 aromatic rings. The Morgan fingerprint density at radius 3 is 2.06 bits per heavy atom. The molecule has 0 spiro atoms. The van der Waals surface area contributed by atoms with E-state index in [1.165, 1.54) is 0 Å². The van der Waals surface area contributed by atoms with E-state index in [-0.39, 0.29) is 47.7 Å². The van der Waals surface area contributed by atoms with E-state index in [1.54, 1.807) is 11.9 Å². The molecule has 0 aromatic carbocycles. The minimum absolute atomic E-state index is 0.0464. The lowest BCUT2D eigenvalue weighted by molar-refractivity contribution is -0.140. The van der Waals surface area contributed by atoms with Crippen molar-refractivity contribution in [1.29, 1.82) is 0 Å². The van der Waals surface area contributed by atoms with Crippen LogP contribution in [0.25, 0.3) is 0 Å². The van der Waals surface area contributed by atoms with Crippen molar-refractivity contribution in [2.45, 2.75) is 112 Å². The number of nitrogens with one attached hydrogen (secondary N) is 1. The highest BCUT2D eigenvalue weighted by atomic mass is 16.2. The summed E-state index contributed by atoms with van der Waals surface area (Å²) in [5.41, 5.74) is 0.683. The van der Waals surface area contributed by atoms with Gasteiger partial charge in [0.15, 0.2) is 0 Å². The fourth-order valence-electron chi connectivity index (χ4n) is 5.52. The standard InChI is InChI=1S/C29H52N4O3/c1-19(2)25(18-23(8)28(35)32-16-13-22(7)14-17-32)31(9)29(36)26(20(3)4)30-27(34)24-12-10-11-15-33(24)21(5)6/h18-22,24-26H,10-17H2,1-9H3,(H,30,34)/b23-18+/t24-,25?,26+/m1/s1. The number of nitrogens with zero attached hydrogens (tertiary/aromatic N) is 3. The topological polar surface area (TPSA) is 73.0 Å². The van der Waals surface area contributed by atoms with E-state index in [4.69, 9.17) is 0 Å². The van der Waals surface area contributed by atoms with Gasteiger partial charge in [0, 0.05) is 31.8 Å². The third-order valence-electron chi connectivity index (χ3n) is 8.05. The van der Waals surface area contributed by atoms with Gasteiger partial charge in [0.1, 0.15) is 6.04 Å². The predicted molar refractivity (Wildman–Crippen MR) is 146 cm³/mol. The van der Waals surface area contributed by atoms with Crippen molar-refractivity contribution in [3.05, 3.63) is 11.6 Å². The summed E-state index contributed by atoms with van der Waals surface area (Å²) in [5.74, 6) is 0.651. The second kappa shape index (κ2) is 13.6. The van der Waals surface area contributed by atoms with Crippen LogP contribution in [0.3, 0.4) is 0 Å². The van der Waals surface area contributed by atoms with E-state index < -0.39 is 6.04 Å². The van der Waals surface area contributed by atoms with Crippen molar-refractivity contribution >= 4 is 17.7 Å². The third-order valence-corrected chi connectivity index (χ3v) is 8.05. The van der Waals surface area contributed by atoms with Crippen LogP contribution in [0.1, 0.15) is 87.5 Å². The van der Waals surface area contributed by atoms with E-state index in [0.717, 1.165) is 51.7 Å². The van der Waals surface area contributed by atoms with Crippen LogP contribution in [0.4, 0.5) is 0 Å². The molecule has 2 fully saturated rings. The normalized spacial score (nSPS) is 22.2. The van der Waals surface area contributed by atoms with Crippen LogP contribution in [0.15, 0.2) is 11.6 Å². The van der Waals surface area contributed by atoms with E-state index >= 15 is 0 Å². The van der Waals surface area contributed by atoms with Gasteiger partial charge in [0.05, 0.1) is 12.1 Å². The van der Waals surface area contributed by atoms with E-state index in [9.17, 15) is 14.4 Å². The molecule has 0 aliphatic carbocycles. The second-order valence-corrected chi connectivity index (χ2v) is 12.1. The first-order valence-corrected chi connectivity index (χ1v) is 14.2. The summed E-state index contributed by atoms with van der Waals surface area (Å²) in [7, 11) is 1.80. The molecule has 3 amide bonds. The molecule has 3 atom stereocenters. The smallest absolute Gasteiger partial charge is 0.249 e. The molecule has 2 rings (SSSR count). The minimum atomic E-state index is -0.604. The lowest BCUT2D eigenvalue weighted by Gasteiger charge is -2.39. The molecule has 2 heterocycles. The van der Waals surface area contributed by atoms with Crippen molar-refractivity contribution in [2.24, 2.45) is 17.8 Å². The number of carbonyl (C=O) groups is 3. The van der Waals surface area contributed by atoms with Crippen LogP contribution in [-0.4, -0.2) is 83.3 Å². The Balaban J connectivity index is 2.16. The SMILES string of the molecule is C/C(=C\C(C(C)C)N(C)C(=O)[C@@H](NC(=O)[C@H]1CCCCN1C(C)C)C(C)C)C(=O)N1CCC(C)CC1. The second-order valence-electron chi connectivity index (χ2n) is 12.1. The van der Waals surface area contributed by atoms with Crippen LogP contribution in [0.5, 0.6) is 0 Å². The van der Waals surface area contributed by atoms with Crippen LogP contribution < -0.4 is 5.32 Å². The number of carbonyl (C=O) groups excluding carboxylic acids is 3. The average molecular weight is 505 g/mol. The molecular formula is C29H52N4O3. The largest absolute Gasteiger partial charge is 0.343 e. The zero-order chi connectivity index (χ0) is 27.2. The Morgan fingerprint density at radius 1 is 0.917 bits per heavy atom. The van der Waals surface area contributed by atoms with Gasteiger partial charge in [-0.1, -0.05) is 47.1 Å². The third kappa shape index (κ3) is 7.80. The zero-order valence-corrected chi connectivity index (χ0v) is 24.3. The molecule has 0 bridgehead atoms. The maximum absolute atomic E-state index is 13.7. The minimum Gasteiger partial charge on any atom is -0.343 e. The zero-order valence-electron chi connectivity index (χ0n) is 24.3. The Hall–Kier alpha value is -1.89. The average Bonchev–Trinajstić information content (AvgIpc) is 2.84. The summed E-state index contributed by atoms with van der Waals surface area (Å²) in [5, 5.41) is 3.11. The van der Waals surface area contributed by atoms with Crippen molar-refractivity contribution < 1.29 is 14.4 Å². The molecule has 1 unspecified atom stereocenters. The van der Waals surface area contributed by atoms with E-state index in [1.807, 2.05) is 31.7 Å². The molecule has 206 valence electrons. The number of likely N-dealkylation sites (N-methyl/N-ethyl adjacent to an activating group) is 1. The first kappa shape index (κ1) is 30.3. The summed E-state index contributed by atoms with van der Waals surface area (Å²) in [4.78, 5) is 46.1. The van der Waals surface area contributed by atoms with Crippen LogP contribution in [-0.2, 0) is 14.4 Å². The van der Waals surface area contributed by atoms with Gasteiger partial charge in [-0.2, -0.15) is 0 Å². The fraction of sp³-hybridized carbons (Fsp3) is 0.828. The van der Waals surface area contributed by atoms with Crippen molar-refractivity contribution in [2.75, 3.05) is 26.7 Å². The van der Waals surface area contributed by atoms with Gasteiger partial charge in [-0.05, 0) is 70.8 Å². The number of hydrogen-bond donors (Lipinski definition) is 1. The van der Waals surface area contributed by atoms with Gasteiger partial charge in [0.2, 0.25) is 17.7 Å². The Bertz CT molecular complexity index is 783. The summed E-state index contributed by atoms with van der Waals surface area (Å²) in [6, 6.07) is -0.736. The fourth-order valence-corrected chi connectivity index (χ4v) is 5.52. The van der Waals surface area contributed by atoms with Crippen LogP contribution >= 0.6 is 0 Å². The lowest BCUT2D eigenvalue weighted by atomic mass is 9.95. The molecule has 2 saturated heterocycles. The molecular weight excluding hydrogens is 452 g/mol. The molecule has 1 N–H and O–H groups in total. The lowest BCUT2D eigenvalue weighted by Crippen LogP contribution is -2.58. The molecule has 0 aromatic heterocycles. The van der Waals surface area contributed by atoms with Gasteiger partial charge in [-0.3, -0.25) is 19.3 Å². The monoisotopic (exact) mass is 504 g/mol. The molecule has 7 nitrogen and oxygen atoms in total. The summed E-state index contributed by atoms with van der Waals surface area (Å²) in [6.45, 7) is 18.9. The molecule has 0 saturated carbocycles. The van der Waals surface area contributed by atoms with Gasteiger partial charge in [0.25, 0.3) is 0 Å². The number of likely N-dealkylation sites (tertiary alicyclic amines) is 2. The van der Waals surface area contributed by atoms with Gasteiger partial charge < -0.3 is 15.1 Å². The molecule has 36 heavy (non-hydrogen) atoms. The number of piperidine rings is 2. The summed E-state index contributed by atoms with van der Waals surface area (Å²) < 4.78 is 0. The van der Waals surface area contributed by atoms with Gasteiger partial charge in [-0.25, -0.2) is 0 Å². The van der Waals surface area contributed by atoms with Gasteiger partial charge >= 0.3 is 0 Å². The highest BCUT2D eigenvalue weighted by molar-refractivity contribution is 5.93. The highest BCUT2D eigenvalue weighted by Gasteiger charge is 2.36. The number of hydrogen-bond acceptors (Lipinski definition) is 4. The first-order chi connectivity index (χ1) is 16.8. The van der Waals surface area contributed by atoms with E-state index in [0.29, 0.717) is 11.5 Å². The van der Waals surface area contributed by atoms with Crippen molar-refractivity contribution in [3.8, 4) is 0 Å². The predicted octanol–water partition coefficient (Wildman–Crippen LogP) is 4.08. The summed E-state index contributed by atoms with van der Waals surface area (Å²) in [6.07, 6.45) is 6.99. The maximum Gasteiger partial charge on any atom is 0.249 e. The number of rotatable bonds is 9. The van der Waals surface area contributed by atoms with Gasteiger partial charge in [-0.15, -0.1) is 0 Å². The van der Waals surface area contributed by atoms with Crippen LogP contribution in [0, 0.1) is 17.8 Å². The Labute approximate surface area is 220 Å². The quantitative estimate of drug-likeness (QED) is 0.480. The molecule has 2 aliphatic rings. The van der Waals surface area contributed by atoms with Crippen molar-refractivity contribution in [1.82, 2.24) is 20.0 Å². The molecule has 2 aliphatic heterocycles. The molecule has 7 heteroatoms. The van der Waals surface area contributed by atoms with Crippen molar-refractivity contribution in [3.63, 3.8) is 0 Å². The highest BCUT2D eigenvalue weighted by Crippen LogP contribution is 2.22. The Morgan fingerprint density at radius 2 is 1.53 bits per heavy atom.